The summed E-state index contributed by atoms with van der Waals surface area (Å²) < 4.78 is 3.53. The summed E-state index contributed by atoms with van der Waals surface area (Å²) in [7, 11) is 1.57. The lowest BCUT2D eigenvalue weighted by Gasteiger charge is -2.16. The predicted octanol–water partition coefficient (Wildman–Crippen LogP) is 3.38. The number of rotatable bonds is 5. The Hall–Kier alpha value is -0.990. The van der Waals surface area contributed by atoms with E-state index in [1.165, 1.54) is 16.7 Å². The van der Waals surface area contributed by atoms with Crippen molar-refractivity contribution in [1.29, 1.82) is 0 Å². The molecule has 0 spiro atoms. The molecule has 1 aromatic carbocycles. The number of thiocarbonyl (C=S) groups is 1. The van der Waals surface area contributed by atoms with E-state index in [0.717, 1.165) is 5.56 Å². The minimum Gasteiger partial charge on any atom is -0.497 e. The molecule has 0 unspecified atom stereocenters. The molecule has 2 amide bonds. The molecule has 1 heterocycles. The van der Waals surface area contributed by atoms with Crippen LogP contribution < -0.4 is 10.1 Å². The highest BCUT2D eigenvalue weighted by molar-refractivity contribution is 8.26. The Morgan fingerprint density at radius 1 is 1.44 bits per heavy atom. The van der Waals surface area contributed by atoms with E-state index in [2.05, 4.69) is 5.32 Å². The van der Waals surface area contributed by atoms with Crippen LogP contribution >= 0.6 is 58.8 Å². The molecule has 0 aliphatic carbocycles. The number of methoxy groups -OCH3 is 1. The Kier molecular flexibility index (Phi) is 6.99. The zero-order chi connectivity index (χ0) is 18.6. The molecule has 25 heavy (non-hydrogen) atoms. The Balaban J connectivity index is 2.02. The maximum atomic E-state index is 12.5. The number of alkyl halides is 3. The van der Waals surface area contributed by atoms with Crippen LogP contribution in [0, 0.1) is 0 Å². The molecule has 0 aromatic heterocycles. The van der Waals surface area contributed by atoms with Gasteiger partial charge in [0, 0.05) is 13.1 Å². The van der Waals surface area contributed by atoms with Gasteiger partial charge in [-0.15, -0.1) is 0 Å². The number of hydrogen-bond acceptors (Lipinski definition) is 5. The second kappa shape index (κ2) is 8.60. The fourth-order valence-electron chi connectivity index (χ4n) is 1.96. The normalized spacial score (nSPS) is 16.5. The molecule has 1 aromatic rings. The van der Waals surface area contributed by atoms with Gasteiger partial charge in [0.15, 0.2) is 0 Å². The molecule has 5 nitrogen and oxygen atoms in total. The van der Waals surface area contributed by atoms with Crippen molar-refractivity contribution in [3.63, 3.8) is 0 Å². The van der Waals surface area contributed by atoms with Gasteiger partial charge in [-0.25, -0.2) is 0 Å². The molecular formula is C15H13Cl3N2O3S2. The van der Waals surface area contributed by atoms with Crippen molar-refractivity contribution >= 4 is 81.0 Å². The fraction of sp³-hybridized carbons (Fsp3) is 0.267. The van der Waals surface area contributed by atoms with Crippen molar-refractivity contribution in [3.8, 4) is 5.75 Å². The molecule has 1 aliphatic heterocycles. The van der Waals surface area contributed by atoms with Gasteiger partial charge >= 0.3 is 0 Å². The lowest BCUT2D eigenvalue weighted by atomic mass is 10.2. The molecule has 0 saturated carbocycles. The van der Waals surface area contributed by atoms with E-state index in [1.54, 1.807) is 13.2 Å². The first kappa shape index (κ1) is 20.3. The molecule has 0 bridgehead atoms. The summed E-state index contributed by atoms with van der Waals surface area (Å²) in [5.74, 6) is -0.297. The van der Waals surface area contributed by atoms with Crippen molar-refractivity contribution in [3.05, 3.63) is 34.7 Å². The quantitative estimate of drug-likeness (QED) is 0.433. The van der Waals surface area contributed by atoms with E-state index in [9.17, 15) is 9.59 Å². The summed E-state index contributed by atoms with van der Waals surface area (Å²) in [6.45, 7) is 0.304. The number of nitrogens with one attached hydrogen (secondary N) is 1. The first-order valence-electron chi connectivity index (χ1n) is 6.97. The molecule has 10 heteroatoms. The summed E-state index contributed by atoms with van der Waals surface area (Å²) in [4.78, 5) is 25.9. The largest absolute Gasteiger partial charge is 0.497 e. The van der Waals surface area contributed by atoms with Crippen LogP contribution in [-0.2, 0) is 9.59 Å². The second-order valence-electron chi connectivity index (χ2n) is 4.86. The van der Waals surface area contributed by atoms with Gasteiger partial charge in [0.1, 0.15) is 10.1 Å². The van der Waals surface area contributed by atoms with Crippen molar-refractivity contribution in [1.82, 2.24) is 10.2 Å². The number of carbonyl (C=O) groups is 2. The zero-order valence-electron chi connectivity index (χ0n) is 12.9. The van der Waals surface area contributed by atoms with Gasteiger partial charge in [0.25, 0.3) is 15.6 Å². The van der Waals surface area contributed by atoms with Gasteiger partial charge in [-0.3, -0.25) is 14.5 Å². The van der Waals surface area contributed by atoms with Crippen LogP contribution in [-0.4, -0.2) is 45.0 Å². The number of hydrogen-bond donors (Lipinski definition) is 1. The van der Waals surface area contributed by atoms with Crippen LogP contribution in [0.15, 0.2) is 29.2 Å². The SMILES string of the molecule is COc1cccc(/C=C2/SC(=S)N(CCNC(=O)C(Cl)(Cl)Cl)C2=O)c1. The van der Waals surface area contributed by atoms with Crippen molar-refractivity contribution in [2.45, 2.75) is 3.79 Å². The minimum atomic E-state index is -2.04. The summed E-state index contributed by atoms with van der Waals surface area (Å²) in [6.07, 6.45) is 1.74. The molecule has 134 valence electrons. The standard InChI is InChI=1S/C15H13Cl3N2O3S2/c1-23-10-4-2-3-9(7-10)8-11-12(21)20(14(24)25-11)6-5-19-13(22)15(16,17)18/h2-4,7-8H,5-6H2,1H3,(H,19,22)/b11-8+. The maximum absolute atomic E-state index is 12.5. The van der Waals surface area contributed by atoms with E-state index < -0.39 is 9.70 Å². The molecule has 0 atom stereocenters. The molecular weight excluding hydrogens is 427 g/mol. The van der Waals surface area contributed by atoms with E-state index in [1.807, 2.05) is 24.3 Å². The number of benzene rings is 1. The van der Waals surface area contributed by atoms with Crippen LogP contribution in [0.4, 0.5) is 0 Å². The number of halogens is 3. The summed E-state index contributed by atoms with van der Waals surface area (Å²) in [5.41, 5.74) is 0.823. The number of carbonyl (C=O) groups excluding carboxylic acids is 2. The molecule has 1 aliphatic rings. The first-order valence-corrected chi connectivity index (χ1v) is 9.32. The zero-order valence-corrected chi connectivity index (χ0v) is 16.8. The third-order valence-corrected chi connectivity index (χ3v) is 5.04. The highest BCUT2D eigenvalue weighted by Gasteiger charge is 2.33. The van der Waals surface area contributed by atoms with Gasteiger partial charge in [0.05, 0.1) is 12.0 Å². The summed E-state index contributed by atoms with van der Waals surface area (Å²) >= 11 is 22.8. The van der Waals surface area contributed by atoms with E-state index in [0.29, 0.717) is 15.0 Å². The van der Waals surface area contributed by atoms with E-state index in [-0.39, 0.29) is 19.0 Å². The Morgan fingerprint density at radius 2 is 2.16 bits per heavy atom. The monoisotopic (exact) mass is 438 g/mol. The van der Waals surface area contributed by atoms with Crippen LogP contribution in [0.3, 0.4) is 0 Å². The summed E-state index contributed by atoms with van der Waals surface area (Å²) in [6, 6.07) is 7.32. The second-order valence-corrected chi connectivity index (χ2v) is 8.82. The van der Waals surface area contributed by atoms with E-state index in [4.69, 9.17) is 51.8 Å². The Morgan fingerprint density at radius 3 is 2.80 bits per heavy atom. The average Bonchev–Trinajstić information content (AvgIpc) is 2.81. The molecule has 1 fully saturated rings. The van der Waals surface area contributed by atoms with Crippen molar-refractivity contribution in [2.24, 2.45) is 0 Å². The number of thioether (sulfide) groups is 1. The topological polar surface area (TPSA) is 58.6 Å². The smallest absolute Gasteiger partial charge is 0.272 e. The van der Waals surface area contributed by atoms with Gasteiger partial charge in [-0.1, -0.05) is 70.9 Å². The average molecular weight is 440 g/mol. The molecule has 0 radical (unpaired) electrons. The fourth-order valence-corrected chi connectivity index (χ4v) is 3.47. The lowest BCUT2D eigenvalue weighted by molar-refractivity contribution is -0.123. The van der Waals surface area contributed by atoms with Crippen molar-refractivity contribution < 1.29 is 14.3 Å². The van der Waals surface area contributed by atoms with Crippen LogP contribution in [0.1, 0.15) is 5.56 Å². The van der Waals surface area contributed by atoms with E-state index >= 15 is 0 Å². The van der Waals surface area contributed by atoms with Crippen LogP contribution in [0.25, 0.3) is 6.08 Å². The van der Waals surface area contributed by atoms with Crippen LogP contribution in [0.2, 0.25) is 0 Å². The third kappa shape index (κ3) is 5.49. The van der Waals surface area contributed by atoms with Gasteiger partial charge in [0.2, 0.25) is 0 Å². The Labute approximate surface area is 169 Å². The third-order valence-electron chi connectivity index (χ3n) is 3.14. The van der Waals surface area contributed by atoms with Gasteiger partial charge in [-0.05, 0) is 23.8 Å². The number of amides is 2. The van der Waals surface area contributed by atoms with Crippen molar-refractivity contribution in [2.75, 3.05) is 20.2 Å². The molecule has 1 saturated heterocycles. The maximum Gasteiger partial charge on any atom is 0.272 e. The number of ether oxygens (including phenoxy) is 1. The highest BCUT2D eigenvalue weighted by Crippen LogP contribution is 2.32. The van der Waals surface area contributed by atoms with Gasteiger partial charge < -0.3 is 10.1 Å². The predicted molar refractivity (Wildman–Crippen MR) is 106 cm³/mol. The van der Waals surface area contributed by atoms with Gasteiger partial charge in [-0.2, -0.15) is 0 Å². The first-order chi connectivity index (χ1) is 11.7. The van der Waals surface area contributed by atoms with Crippen LogP contribution in [0.5, 0.6) is 5.75 Å². The lowest BCUT2D eigenvalue weighted by Crippen LogP contribution is -2.41. The Bertz CT molecular complexity index is 735. The summed E-state index contributed by atoms with van der Waals surface area (Å²) in [5, 5.41) is 2.44. The minimum absolute atomic E-state index is 0.117. The molecule has 2 rings (SSSR count). The molecule has 1 N–H and O–H groups in total. The number of nitrogens with zero attached hydrogens (tertiary/aromatic N) is 1. The highest BCUT2D eigenvalue weighted by atomic mass is 35.6.